The summed E-state index contributed by atoms with van der Waals surface area (Å²) in [7, 11) is 0. The maximum Gasteiger partial charge on any atom is 0.315 e. The monoisotopic (exact) mass is 299 g/mol. The molecule has 0 bridgehead atoms. The van der Waals surface area contributed by atoms with E-state index < -0.39 is 0 Å². The highest BCUT2D eigenvalue weighted by Crippen LogP contribution is 2.10. The number of urea groups is 1. The van der Waals surface area contributed by atoms with E-state index in [9.17, 15) is 9.90 Å². The van der Waals surface area contributed by atoms with Gasteiger partial charge in [-0.25, -0.2) is 4.79 Å². The van der Waals surface area contributed by atoms with E-state index in [1.807, 2.05) is 0 Å². The van der Waals surface area contributed by atoms with Crippen LogP contribution in [0, 0.1) is 11.8 Å². The minimum Gasteiger partial charge on any atom is -0.394 e. The maximum atomic E-state index is 11.8. The Kier molecular flexibility index (Phi) is 8.69. The van der Waals surface area contributed by atoms with Crippen molar-refractivity contribution in [3.63, 3.8) is 0 Å². The van der Waals surface area contributed by atoms with Crippen molar-refractivity contribution in [3.05, 3.63) is 0 Å². The number of rotatable bonds is 8. The number of carbonyl (C=O) groups is 1. The molecule has 0 radical (unpaired) electrons. The lowest BCUT2D eigenvalue weighted by Gasteiger charge is -2.29. The highest BCUT2D eigenvalue weighted by molar-refractivity contribution is 5.74. The zero-order chi connectivity index (χ0) is 15.7. The molecule has 0 aromatic rings. The Morgan fingerprint density at radius 3 is 2.43 bits per heavy atom. The smallest absolute Gasteiger partial charge is 0.315 e. The molecule has 2 amide bonds. The molecule has 21 heavy (non-hydrogen) atoms. The molecule has 124 valence electrons. The Balaban J connectivity index is 2.18. The number of hydrogen-bond acceptors (Lipinski definition) is 3. The number of amides is 2. The van der Waals surface area contributed by atoms with Crippen molar-refractivity contribution >= 4 is 6.03 Å². The van der Waals surface area contributed by atoms with Crippen molar-refractivity contribution in [2.45, 2.75) is 52.5 Å². The average Bonchev–Trinajstić information content (AvgIpc) is 2.45. The third-order valence-electron chi connectivity index (χ3n) is 3.94. The first-order chi connectivity index (χ1) is 10.0. The fourth-order valence-corrected chi connectivity index (χ4v) is 2.90. The highest BCUT2D eigenvalue weighted by atomic mass is 16.3. The molecule has 1 aliphatic rings. The van der Waals surface area contributed by atoms with Crippen molar-refractivity contribution in [3.8, 4) is 0 Å². The Bertz CT molecular complexity index is 291. The van der Waals surface area contributed by atoms with Gasteiger partial charge in [0.15, 0.2) is 0 Å². The van der Waals surface area contributed by atoms with Crippen LogP contribution in [0.4, 0.5) is 4.79 Å². The van der Waals surface area contributed by atoms with Gasteiger partial charge in [0.05, 0.1) is 12.6 Å². The number of nitrogens with zero attached hydrogens (tertiary/aromatic N) is 1. The van der Waals surface area contributed by atoms with Gasteiger partial charge in [0.1, 0.15) is 0 Å². The fourth-order valence-electron chi connectivity index (χ4n) is 2.90. The second-order valence-corrected chi connectivity index (χ2v) is 6.83. The lowest BCUT2D eigenvalue weighted by atomic mass is 10.0. The van der Waals surface area contributed by atoms with Crippen LogP contribution in [0.1, 0.15) is 46.5 Å². The van der Waals surface area contributed by atoms with Gasteiger partial charge in [0, 0.05) is 13.1 Å². The van der Waals surface area contributed by atoms with Gasteiger partial charge in [-0.15, -0.1) is 0 Å². The zero-order valence-corrected chi connectivity index (χ0v) is 13.9. The van der Waals surface area contributed by atoms with Crippen LogP contribution in [0.3, 0.4) is 0 Å². The van der Waals surface area contributed by atoms with Crippen LogP contribution in [-0.4, -0.2) is 54.9 Å². The van der Waals surface area contributed by atoms with Crippen LogP contribution in [0.5, 0.6) is 0 Å². The first-order valence-electron chi connectivity index (χ1n) is 8.38. The third kappa shape index (κ3) is 8.27. The Morgan fingerprint density at radius 2 is 1.86 bits per heavy atom. The molecule has 1 rings (SSSR count). The minimum absolute atomic E-state index is 0.00503. The first-order valence-corrected chi connectivity index (χ1v) is 8.38. The van der Waals surface area contributed by atoms with Gasteiger partial charge in [-0.3, -0.25) is 0 Å². The normalized spacial score (nSPS) is 19.3. The Morgan fingerprint density at radius 1 is 1.19 bits per heavy atom. The second-order valence-electron chi connectivity index (χ2n) is 6.83. The Labute approximate surface area is 129 Å². The molecule has 1 saturated heterocycles. The molecule has 0 aliphatic carbocycles. The molecule has 2 unspecified atom stereocenters. The van der Waals surface area contributed by atoms with E-state index >= 15 is 0 Å². The second kappa shape index (κ2) is 10.0. The molecule has 1 aliphatic heterocycles. The first kappa shape index (κ1) is 18.2. The minimum atomic E-state index is -0.166. The van der Waals surface area contributed by atoms with E-state index in [-0.39, 0.29) is 18.7 Å². The molecule has 5 heteroatoms. The van der Waals surface area contributed by atoms with E-state index in [4.69, 9.17) is 0 Å². The van der Waals surface area contributed by atoms with Gasteiger partial charge in [0.25, 0.3) is 0 Å². The van der Waals surface area contributed by atoms with Crippen molar-refractivity contribution in [2.75, 3.05) is 32.8 Å². The summed E-state index contributed by atoms with van der Waals surface area (Å²) < 4.78 is 0. The SMILES string of the molecule is CC(C)CC(CO)NC(=O)NCC(C)CN1CCCCC1. The molecule has 0 saturated carbocycles. The van der Waals surface area contributed by atoms with E-state index in [0.29, 0.717) is 18.4 Å². The molecule has 3 N–H and O–H groups in total. The summed E-state index contributed by atoms with van der Waals surface area (Å²) >= 11 is 0. The summed E-state index contributed by atoms with van der Waals surface area (Å²) in [5.41, 5.74) is 0. The number of aliphatic hydroxyl groups excluding tert-OH is 1. The third-order valence-corrected chi connectivity index (χ3v) is 3.94. The average molecular weight is 299 g/mol. The number of hydrogen-bond donors (Lipinski definition) is 3. The van der Waals surface area contributed by atoms with Gasteiger partial charge in [-0.05, 0) is 44.2 Å². The predicted molar refractivity (Wildman–Crippen MR) is 86.3 cm³/mol. The van der Waals surface area contributed by atoms with E-state index in [1.165, 1.54) is 32.4 Å². The standard InChI is InChI=1S/C16H33N3O2/c1-13(2)9-15(12-20)18-16(21)17-10-14(3)11-19-7-5-4-6-8-19/h13-15,20H,4-12H2,1-3H3,(H2,17,18,21). The topological polar surface area (TPSA) is 64.6 Å². The van der Waals surface area contributed by atoms with E-state index in [2.05, 4.69) is 36.3 Å². The fraction of sp³-hybridized carbons (Fsp3) is 0.938. The van der Waals surface area contributed by atoms with Crippen LogP contribution < -0.4 is 10.6 Å². The molecule has 5 nitrogen and oxygen atoms in total. The van der Waals surface area contributed by atoms with Crippen LogP contribution in [-0.2, 0) is 0 Å². The molecule has 1 fully saturated rings. The van der Waals surface area contributed by atoms with Gasteiger partial charge >= 0.3 is 6.03 Å². The summed E-state index contributed by atoms with van der Waals surface area (Å²) in [6.07, 6.45) is 4.75. The molecule has 0 aromatic carbocycles. The molecule has 0 aromatic heterocycles. The summed E-state index contributed by atoms with van der Waals surface area (Å²) in [5.74, 6) is 0.909. The molecular weight excluding hydrogens is 266 g/mol. The van der Waals surface area contributed by atoms with Crippen molar-refractivity contribution in [2.24, 2.45) is 11.8 Å². The molecule has 2 atom stereocenters. The molecular formula is C16H33N3O2. The largest absolute Gasteiger partial charge is 0.394 e. The predicted octanol–water partition coefficient (Wildman–Crippen LogP) is 1.81. The van der Waals surface area contributed by atoms with Gasteiger partial charge in [-0.2, -0.15) is 0 Å². The molecule has 1 heterocycles. The lowest BCUT2D eigenvalue weighted by molar-refractivity contribution is 0.192. The number of aliphatic hydroxyl groups is 1. The maximum absolute atomic E-state index is 11.8. The van der Waals surface area contributed by atoms with E-state index in [0.717, 1.165) is 13.0 Å². The van der Waals surface area contributed by atoms with Gasteiger partial charge in [0.2, 0.25) is 0 Å². The summed E-state index contributed by atoms with van der Waals surface area (Å²) in [5, 5.41) is 15.0. The van der Waals surface area contributed by atoms with Gasteiger partial charge < -0.3 is 20.6 Å². The quantitative estimate of drug-likeness (QED) is 0.640. The van der Waals surface area contributed by atoms with Gasteiger partial charge in [-0.1, -0.05) is 27.2 Å². The summed E-state index contributed by atoms with van der Waals surface area (Å²) in [6.45, 7) is 10.5. The van der Waals surface area contributed by atoms with Crippen molar-refractivity contribution in [1.29, 1.82) is 0 Å². The highest BCUT2D eigenvalue weighted by Gasteiger charge is 2.16. The number of carbonyl (C=O) groups excluding carboxylic acids is 1. The summed E-state index contributed by atoms with van der Waals surface area (Å²) in [6, 6.07) is -0.317. The van der Waals surface area contributed by atoms with Crippen molar-refractivity contribution in [1.82, 2.24) is 15.5 Å². The number of likely N-dealkylation sites (tertiary alicyclic amines) is 1. The van der Waals surface area contributed by atoms with Crippen LogP contribution in [0.15, 0.2) is 0 Å². The van der Waals surface area contributed by atoms with Crippen LogP contribution in [0.25, 0.3) is 0 Å². The lowest BCUT2D eigenvalue weighted by Crippen LogP contribution is -2.46. The number of nitrogens with one attached hydrogen (secondary N) is 2. The molecule has 0 spiro atoms. The zero-order valence-electron chi connectivity index (χ0n) is 13.9. The van der Waals surface area contributed by atoms with Crippen molar-refractivity contribution < 1.29 is 9.90 Å². The van der Waals surface area contributed by atoms with Crippen LogP contribution >= 0.6 is 0 Å². The Hall–Kier alpha value is -0.810. The van der Waals surface area contributed by atoms with Crippen LogP contribution in [0.2, 0.25) is 0 Å². The number of piperidine rings is 1. The van der Waals surface area contributed by atoms with E-state index in [1.54, 1.807) is 0 Å². The summed E-state index contributed by atoms with van der Waals surface area (Å²) in [4.78, 5) is 14.3.